The summed E-state index contributed by atoms with van der Waals surface area (Å²) in [5, 5.41) is 44.0. The van der Waals surface area contributed by atoms with Gasteiger partial charge in [0.15, 0.2) is 23.3 Å². The number of aryl methyl sites for hydroxylation is 8. The number of nitrogens with zero attached hydrogens (tertiary/aromatic N) is 4. The molecule has 0 aliphatic carbocycles. The Bertz CT molecular complexity index is 2910. The summed E-state index contributed by atoms with van der Waals surface area (Å²) in [6.45, 7) is 14.7. The number of carboxylic acid groups (broad SMARTS) is 4. The van der Waals surface area contributed by atoms with Crippen molar-refractivity contribution < 1.29 is 174 Å². The van der Waals surface area contributed by atoms with Crippen molar-refractivity contribution >= 4 is 110 Å². The number of hydrogen-bond acceptors (Lipinski definition) is 20. The minimum atomic E-state index is -1.47. The normalized spacial score (nSPS) is 9.67. The van der Waals surface area contributed by atoms with Crippen molar-refractivity contribution in [2.75, 3.05) is 0 Å². The van der Waals surface area contributed by atoms with E-state index in [1.807, 2.05) is 55.4 Å². The summed E-state index contributed by atoms with van der Waals surface area (Å²) in [5.41, 5.74) is 1.65. The summed E-state index contributed by atoms with van der Waals surface area (Å²) < 4.78 is 0. The van der Waals surface area contributed by atoms with Crippen LogP contribution in [-0.2, 0) is 0 Å². The van der Waals surface area contributed by atoms with Crippen LogP contribution in [0, 0.1) is 55.4 Å². The fraction of sp³-hybridized carbons (Fsp3) is 0.222. The van der Waals surface area contributed by atoms with Gasteiger partial charge in [0.05, 0.1) is 21.5 Å². The van der Waals surface area contributed by atoms with Gasteiger partial charge >= 0.3 is 118 Å². The molecule has 8 rings (SSSR count). The molecule has 0 amide bonds. The Morgan fingerprint density at radius 1 is 0.358 bits per heavy atom. The molecule has 336 valence electrons. The third-order valence-corrected chi connectivity index (χ3v) is 13.3. The van der Waals surface area contributed by atoms with E-state index in [-0.39, 0.29) is 135 Å². The number of rotatable bonds is 4. The molecule has 0 bridgehead atoms. The molecule has 0 fully saturated rings. The van der Waals surface area contributed by atoms with Gasteiger partial charge in [-0.2, -0.15) is 0 Å². The maximum Gasteiger partial charge on any atom is 1.00 e. The first-order chi connectivity index (χ1) is 28.0. The Labute approximate surface area is 480 Å². The molecule has 8 aromatic rings. The van der Waals surface area contributed by atoms with Gasteiger partial charge in [0.1, 0.15) is 43.2 Å². The van der Waals surface area contributed by atoms with Crippen molar-refractivity contribution in [1.82, 2.24) is 39.9 Å². The first-order valence-electron chi connectivity index (χ1n) is 16.9. The molecule has 0 radical (unpaired) electrons. The zero-order valence-electron chi connectivity index (χ0n) is 37.8. The molecule has 10 N–H and O–H groups in total. The predicted octanol–water partition coefficient (Wildman–Crippen LogP) is -14.6. The fourth-order valence-electron chi connectivity index (χ4n) is 5.41. The predicted molar refractivity (Wildman–Crippen MR) is 227 cm³/mol. The average Bonchev–Trinajstić information content (AvgIpc) is 3.84. The minimum absolute atomic E-state index is 0. The van der Waals surface area contributed by atoms with Gasteiger partial charge < -0.3 is 76.0 Å². The first-order valence-corrected chi connectivity index (χ1v) is 20.1. The molecule has 23 nitrogen and oxygen atoms in total. The summed E-state index contributed by atoms with van der Waals surface area (Å²) in [4.78, 5) is 118. The molecule has 67 heavy (non-hydrogen) atoms. The van der Waals surface area contributed by atoms with Gasteiger partial charge in [-0.1, -0.05) is 0 Å². The zero-order valence-corrected chi connectivity index (χ0v) is 49.1. The number of thiophene rings is 4. The Balaban J connectivity index is -0.000000788. The van der Waals surface area contributed by atoms with Crippen LogP contribution in [0.15, 0.2) is 19.2 Å². The van der Waals surface area contributed by atoms with Gasteiger partial charge in [-0.05, 0) is 77.6 Å². The van der Waals surface area contributed by atoms with Crippen LogP contribution in [0.3, 0.4) is 0 Å². The van der Waals surface area contributed by atoms with E-state index in [4.69, 9.17) is 0 Å². The average molecular weight is 1040 g/mol. The second-order valence-electron chi connectivity index (χ2n) is 12.7. The third-order valence-electron chi connectivity index (χ3n) is 8.93. The van der Waals surface area contributed by atoms with Crippen molar-refractivity contribution in [3.8, 4) is 0 Å². The van der Waals surface area contributed by atoms with Crippen LogP contribution in [0.25, 0.3) is 40.9 Å². The van der Waals surface area contributed by atoms with Crippen LogP contribution >= 0.6 is 45.3 Å². The second-order valence-corrected chi connectivity index (χ2v) is 17.5. The molecule has 8 heterocycles. The van der Waals surface area contributed by atoms with E-state index in [9.17, 15) is 58.8 Å². The number of nitrogens with one attached hydrogen (secondary N) is 4. The van der Waals surface area contributed by atoms with Crippen molar-refractivity contribution in [1.29, 1.82) is 0 Å². The second kappa shape index (κ2) is 28.1. The topological polar surface area (TPSA) is 438 Å². The van der Waals surface area contributed by atoms with Crippen molar-refractivity contribution in [3.05, 3.63) is 106 Å². The van der Waals surface area contributed by atoms with E-state index < -0.39 is 69.4 Å². The van der Waals surface area contributed by atoms with Crippen LogP contribution in [0.4, 0.5) is 0 Å². The van der Waals surface area contributed by atoms with Gasteiger partial charge in [-0.3, -0.25) is 19.2 Å². The van der Waals surface area contributed by atoms with Gasteiger partial charge in [-0.15, -0.1) is 45.3 Å². The molecule has 0 saturated heterocycles. The summed E-state index contributed by atoms with van der Waals surface area (Å²) in [6, 6.07) is 0. The molecule has 0 aliphatic rings. The maximum atomic E-state index is 11.6. The number of H-pyrrole nitrogens is 4. The number of carbonyl (C=O) groups excluding carboxylic acids is 4. The molecule has 0 saturated carbocycles. The number of fused-ring (bicyclic) bond motifs is 4. The van der Waals surface area contributed by atoms with Crippen molar-refractivity contribution in [2.24, 2.45) is 0 Å². The van der Waals surface area contributed by atoms with E-state index in [0.717, 1.165) is 41.8 Å². The smallest absolute Gasteiger partial charge is 0.542 e. The Morgan fingerprint density at radius 3 is 0.642 bits per heavy atom. The van der Waals surface area contributed by atoms with Crippen molar-refractivity contribution in [2.45, 2.75) is 55.4 Å². The van der Waals surface area contributed by atoms with Crippen LogP contribution in [0.5, 0.6) is 0 Å². The maximum absolute atomic E-state index is 11.6. The molecular formula is C36H34N8Na4O15S4. The molecule has 0 aromatic carbocycles. The molecule has 31 heteroatoms. The van der Waals surface area contributed by atoms with E-state index in [2.05, 4.69) is 39.9 Å². The monoisotopic (exact) mass is 1040 g/mol. The standard InChI is InChI=1S/4C9H8N2O3S.4Na.3H2O/c4*1-3-4(2)15-8-5(3)7(12)10-6(11-8)9(13)14;;;;;;;/h4*1-2H3,(H,13,14)(H,10,11,12);;;;;3*1H2/q;;;;4*+1;;;/p-4. The number of hydrogen-bond donors (Lipinski definition) is 4. The van der Waals surface area contributed by atoms with Crippen LogP contribution in [0.2, 0.25) is 0 Å². The summed E-state index contributed by atoms with van der Waals surface area (Å²) >= 11 is 5.21. The molecular weight excluding hydrogens is 1000 g/mol. The number of aromatic amines is 4. The van der Waals surface area contributed by atoms with Crippen LogP contribution in [-0.4, -0.2) is 80.2 Å². The number of carboxylic acids is 4. The largest absolute Gasteiger partial charge is 1.00 e. The Kier molecular flexibility index (Phi) is 28.7. The summed E-state index contributed by atoms with van der Waals surface area (Å²) in [6.07, 6.45) is 0. The quantitative estimate of drug-likeness (QED) is 0.119. The Morgan fingerprint density at radius 2 is 0.507 bits per heavy atom. The fourth-order valence-corrected chi connectivity index (χ4v) is 9.53. The SMILES string of the molecule is Cc1sc2nc(C(=O)[O-])[nH]c(=O)c2c1C.Cc1sc2nc(C(=O)[O-])[nH]c(=O)c2c1C.Cc1sc2nc(C(=O)[O-])[nH]c(=O)c2c1C.Cc1sc2nc(C(=O)[O-])[nH]c(=O)c2c1C.O.O.O.[Na+].[Na+].[Na+].[Na+]. The van der Waals surface area contributed by atoms with Gasteiger partial charge in [0, 0.05) is 19.5 Å². The van der Waals surface area contributed by atoms with Gasteiger partial charge in [-0.25, -0.2) is 19.9 Å². The van der Waals surface area contributed by atoms with Crippen LogP contribution < -0.4 is 161 Å². The van der Waals surface area contributed by atoms with Gasteiger partial charge in [0.2, 0.25) is 0 Å². The number of aromatic nitrogens is 8. The molecule has 0 spiro atoms. The number of carbonyl (C=O) groups is 4. The van der Waals surface area contributed by atoms with E-state index >= 15 is 0 Å². The Hall–Kier alpha value is -2.88. The minimum Gasteiger partial charge on any atom is -0.542 e. The summed E-state index contributed by atoms with van der Waals surface area (Å²) in [5.74, 6) is -7.59. The van der Waals surface area contributed by atoms with E-state index in [1.54, 1.807) is 0 Å². The zero-order chi connectivity index (χ0) is 44.7. The van der Waals surface area contributed by atoms with Crippen LogP contribution in [0.1, 0.15) is 84.2 Å². The van der Waals surface area contributed by atoms with E-state index in [0.29, 0.717) is 40.9 Å². The molecule has 0 atom stereocenters. The number of aromatic carboxylic acids is 4. The summed E-state index contributed by atoms with van der Waals surface area (Å²) in [7, 11) is 0. The third kappa shape index (κ3) is 15.1. The van der Waals surface area contributed by atoms with E-state index in [1.165, 1.54) is 45.3 Å². The van der Waals surface area contributed by atoms with Crippen molar-refractivity contribution in [3.63, 3.8) is 0 Å². The first kappa shape index (κ1) is 68.4. The molecule has 0 aliphatic heterocycles. The molecule has 0 unspecified atom stereocenters. The van der Waals surface area contributed by atoms with Gasteiger partial charge in [0.25, 0.3) is 22.2 Å². The molecule has 8 aromatic heterocycles.